The predicted molar refractivity (Wildman–Crippen MR) is 120 cm³/mol. The first kappa shape index (κ1) is 23.6. The van der Waals surface area contributed by atoms with Crippen molar-refractivity contribution in [1.82, 2.24) is 9.88 Å². The second kappa shape index (κ2) is 9.86. The highest BCUT2D eigenvalue weighted by molar-refractivity contribution is 5.97. The lowest BCUT2D eigenvalue weighted by Gasteiger charge is -2.35. The monoisotopic (exact) mass is 401 g/mol. The molecule has 0 radical (unpaired) electrons. The van der Waals surface area contributed by atoms with Gasteiger partial charge >= 0.3 is 0 Å². The molecule has 0 saturated carbocycles. The third kappa shape index (κ3) is 5.89. The molecule has 0 aliphatic heterocycles. The van der Waals surface area contributed by atoms with Crippen molar-refractivity contribution in [1.29, 1.82) is 0 Å². The first-order chi connectivity index (χ1) is 13.6. The van der Waals surface area contributed by atoms with Gasteiger partial charge in [0.15, 0.2) is 0 Å². The van der Waals surface area contributed by atoms with E-state index in [0.29, 0.717) is 17.6 Å². The molecule has 0 spiro atoms. The molecule has 2 rings (SSSR count). The number of hydrogen-bond donors (Lipinski definition) is 1. The lowest BCUT2D eigenvalue weighted by atomic mass is 9.71. The van der Waals surface area contributed by atoms with Gasteiger partial charge in [-0.25, -0.2) is 4.98 Å². The topological polar surface area (TPSA) is 68.4 Å². The molecule has 1 aliphatic rings. The van der Waals surface area contributed by atoms with Crippen LogP contribution >= 0.6 is 0 Å². The number of carbonyl (C=O) groups is 1. The summed E-state index contributed by atoms with van der Waals surface area (Å²) in [4.78, 5) is 19.1. The lowest BCUT2D eigenvalue weighted by Crippen LogP contribution is -2.27. The van der Waals surface area contributed by atoms with Crippen molar-refractivity contribution >= 4 is 11.5 Å². The van der Waals surface area contributed by atoms with Gasteiger partial charge < -0.3 is 15.4 Å². The standard InChI is InChI=1S/C24H39N3O2/c1-7-24(8-2)14-12-18(13-15-24)21-19(22(25)28)10-11-20(26-21)23(3,4)29-17-9-16-27(5)6/h10-12H,7-9,13-17H2,1-6H3,(H2,25,28). The normalized spacial score (nSPS) is 16.7. The van der Waals surface area contributed by atoms with E-state index in [9.17, 15) is 4.79 Å². The number of pyridine rings is 1. The Labute approximate surface area is 176 Å². The highest BCUT2D eigenvalue weighted by Gasteiger charge is 2.31. The summed E-state index contributed by atoms with van der Waals surface area (Å²) in [6.45, 7) is 10.3. The molecule has 2 N–H and O–H groups in total. The first-order valence-corrected chi connectivity index (χ1v) is 10.9. The molecule has 5 nitrogen and oxygen atoms in total. The Morgan fingerprint density at radius 1 is 1.28 bits per heavy atom. The molecule has 162 valence electrons. The number of amides is 1. The zero-order chi connectivity index (χ0) is 21.7. The van der Waals surface area contributed by atoms with Crippen LogP contribution in [0.3, 0.4) is 0 Å². The van der Waals surface area contributed by atoms with Gasteiger partial charge in [-0.1, -0.05) is 32.8 Å². The minimum absolute atomic E-state index is 0.378. The Morgan fingerprint density at radius 2 is 1.97 bits per heavy atom. The van der Waals surface area contributed by atoms with Gasteiger partial charge in [0, 0.05) is 6.61 Å². The lowest BCUT2D eigenvalue weighted by molar-refractivity contribution is -0.0274. The molecule has 1 aliphatic carbocycles. The van der Waals surface area contributed by atoms with E-state index in [0.717, 1.165) is 49.2 Å². The largest absolute Gasteiger partial charge is 0.369 e. The summed E-state index contributed by atoms with van der Waals surface area (Å²) in [6, 6.07) is 3.69. The van der Waals surface area contributed by atoms with Gasteiger partial charge in [-0.3, -0.25) is 4.79 Å². The molecule has 0 bridgehead atoms. The molecule has 1 heterocycles. The van der Waals surface area contributed by atoms with Crippen molar-refractivity contribution in [2.45, 2.75) is 71.8 Å². The summed E-state index contributed by atoms with van der Waals surface area (Å²) in [5.41, 5.74) is 8.74. The maximum absolute atomic E-state index is 12.1. The van der Waals surface area contributed by atoms with Gasteiger partial charge in [0.05, 0.1) is 17.0 Å². The second-order valence-electron chi connectivity index (χ2n) is 9.11. The Kier molecular flexibility index (Phi) is 8.01. The van der Waals surface area contributed by atoms with Crippen LogP contribution < -0.4 is 5.73 Å². The van der Waals surface area contributed by atoms with Gasteiger partial charge in [-0.2, -0.15) is 0 Å². The van der Waals surface area contributed by atoms with Crippen molar-refractivity contribution < 1.29 is 9.53 Å². The number of primary amides is 1. The zero-order valence-corrected chi connectivity index (χ0v) is 19.2. The summed E-state index contributed by atoms with van der Waals surface area (Å²) in [5.74, 6) is -0.424. The van der Waals surface area contributed by atoms with Crippen LogP contribution in [-0.4, -0.2) is 43.0 Å². The van der Waals surface area contributed by atoms with Crippen LogP contribution in [0.1, 0.15) is 88.0 Å². The molecular weight excluding hydrogens is 362 g/mol. The van der Waals surface area contributed by atoms with Crippen LogP contribution in [0.15, 0.2) is 18.2 Å². The van der Waals surface area contributed by atoms with E-state index in [1.807, 2.05) is 26.0 Å². The third-order valence-electron chi connectivity index (χ3n) is 6.50. The molecule has 0 aromatic carbocycles. The van der Waals surface area contributed by atoms with E-state index < -0.39 is 11.5 Å². The second-order valence-corrected chi connectivity index (χ2v) is 9.11. The van der Waals surface area contributed by atoms with Gasteiger partial charge in [0.2, 0.25) is 0 Å². The van der Waals surface area contributed by atoms with E-state index in [1.54, 1.807) is 0 Å². The fraction of sp³-hybridized carbons (Fsp3) is 0.667. The molecule has 0 atom stereocenters. The average molecular weight is 402 g/mol. The van der Waals surface area contributed by atoms with E-state index in [4.69, 9.17) is 15.5 Å². The summed E-state index contributed by atoms with van der Waals surface area (Å²) < 4.78 is 6.15. The predicted octanol–water partition coefficient (Wildman–Crippen LogP) is 4.76. The number of nitrogens with zero attached hydrogens (tertiary/aromatic N) is 2. The molecule has 1 aromatic heterocycles. The SMILES string of the molecule is CCC1(CC)CC=C(c2nc(C(C)(C)OCCCN(C)C)ccc2C(N)=O)CC1. The first-order valence-electron chi connectivity index (χ1n) is 10.9. The van der Waals surface area contributed by atoms with Gasteiger partial charge in [-0.15, -0.1) is 0 Å². The van der Waals surface area contributed by atoms with Crippen LogP contribution in [-0.2, 0) is 10.3 Å². The fourth-order valence-electron chi connectivity index (χ4n) is 4.07. The van der Waals surface area contributed by atoms with Crippen molar-refractivity contribution in [2.75, 3.05) is 27.2 Å². The quantitative estimate of drug-likeness (QED) is 0.574. The molecule has 1 amide bonds. The summed E-state index contributed by atoms with van der Waals surface area (Å²) >= 11 is 0. The highest BCUT2D eigenvalue weighted by Crippen LogP contribution is 2.43. The highest BCUT2D eigenvalue weighted by atomic mass is 16.5. The Balaban J connectivity index is 2.28. The number of hydrogen-bond acceptors (Lipinski definition) is 4. The molecular formula is C24H39N3O2. The molecule has 0 saturated heterocycles. The van der Waals surface area contributed by atoms with Crippen molar-refractivity contribution in [2.24, 2.45) is 11.1 Å². The molecule has 29 heavy (non-hydrogen) atoms. The van der Waals surface area contributed by atoms with Crippen molar-refractivity contribution in [3.05, 3.63) is 35.2 Å². The summed E-state index contributed by atoms with van der Waals surface area (Å²) in [7, 11) is 4.12. The Bertz CT molecular complexity index is 734. The van der Waals surface area contributed by atoms with Crippen LogP contribution in [0, 0.1) is 5.41 Å². The van der Waals surface area contributed by atoms with E-state index in [-0.39, 0.29) is 0 Å². The minimum atomic E-state index is -0.525. The number of nitrogens with two attached hydrogens (primary N) is 1. The number of carbonyl (C=O) groups excluding carboxylic acids is 1. The summed E-state index contributed by atoms with van der Waals surface area (Å²) in [6.07, 6.45) is 8.69. The van der Waals surface area contributed by atoms with Gasteiger partial charge in [0.1, 0.15) is 5.60 Å². The Hall–Kier alpha value is -1.72. The molecule has 5 heteroatoms. The van der Waals surface area contributed by atoms with Crippen LogP contribution in [0.25, 0.3) is 5.57 Å². The van der Waals surface area contributed by atoms with E-state index in [1.165, 1.54) is 12.8 Å². The van der Waals surface area contributed by atoms with Crippen LogP contribution in [0.5, 0.6) is 0 Å². The number of rotatable bonds is 10. The Morgan fingerprint density at radius 3 is 2.48 bits per heavy atom. The number of allylic oxidation sites excluding steroid dienone is 2. The van der Waals surface area contributed by atoms with Gasteiger partial charge in [0.25, 0.3) is 5.91 Å². The van der Waals surface area contributed by atoms with Gasteiger partial charge in [-0.05, 0) is 83.3 Å². The minimum Gasteiger partial charge on any atom is -0.369 e. The third-order valence-corrected chi connectivity index (χ3v) is 6.50. The average Bonchev–Trinajstić information content (AvgIpc) is 2.70. The molecule has 0 fully saturated rings. The maximum atomic E-state index is 12.1. The van der Waals surface area contributed by atoms with Crippen molar-refractivity contribution in [3.63, 3.8) is 0 Å². The fourth-order valence-corrected chi connectivity index (χ4v) is 4.07. The number of aromatic nitrogens is 1. The summed E-state index contributed by atoms with van der Waals surface area (Å²) in [5, 5.41) is 0. The van der Waals surface area contributed by atoms with E-state index >= 15 is 0 Å². The van der Waals surface area contributed by atoms with Crippen LogP contribution in [0.4, 0.5) is 0 Å². The smallest absolute Gasteiger partial charge is 0.250 e. The number of ether oxygens (including phenoxy) is 1. The zero-order valence-electron chi connectivity index (χ0n) is 19.2. The molecule has 0 unspecified atom stereocenters. The van der Waals surface area contributed by atoms with Crippen LogP contribution in [0.2, 0.25) is 0 Å². The maximum Gasteiger partial charge on any atom is 0.250 e. The molecule has 1 aromatic rings. The van der Waals surface area contributed by atoms with Crippen molar-refractivity contribution in [3.8, 4) is 0 Å². The van der Waals surface area contributed by atoms with E-state index in [2.05, 4.69) is 38.9 Å².